The van der Waals surface area contributed by atoms with Crippen molar-refractivity contribution in [3.8, 4) is 0 Å². The second-order valence-electron chi connectivity index (χ2n) is 4.39. The average molecular weight is 235 g/mol. The third-order valence-electron chi connectivity index (χ3n) is 3.42. The number of hydrogen-bond acceptors (Lipinski definition) is 1. The van der Waals surface area contributed by atoms with Gasteiger partial charge in [-0.2, -0.15) is 0 Å². The molecule has 2 heterocycles. The monoisotopic (exact) mass is 235 g/mol. The fourth-order valence-corrected chi connectivity index (χ4v) is 2.40. The molecule has 3 nitrogen and oxygen atoms in total. The summed E-state index contributed by atoms with van der Waals surface area (Å²) in [5.41, 5.74) is 5.69. The van der Waals surface area contributed by atoms with E-state index in [4.69, 9.17) is 6.57 Å². The molecule has 3 aromatic rings. The van der Waals surface area contributed by atoms with Crippen molar-refractivity contribution in [2.24, 2.45) is 0 Å². The van der Waals surface area contributed by atoms with Crippen LogP contribution in [0.2, 0.25) is 0 Å². The first-order valence-electron chi connectivity index (χ1n) is 6.03. The smallest absolute Gasteiger partial charge is 0.232 e. The fraction of sp³-hybridized carbons (Fsp3) is 0.200. The molecule has 0 bridgehead atoms. The molecule has 0 unspecified atom stereocenters. The topological polar surface area (TPSA) is 21.7 Å². The van der Waals surface area contributed by atoms with Gasteiger partial charge in [0.15, 0.2) is 0 Å². The van der Waals surface area contributed by atoms with E-state index in [0.717, 1.165) is 28.7 Å². The Labute approximate surface area is 106 Å². The highest BCUT2D eigenvalue weighted by Crippen LogP contribution is 2.30. The maximum Gasteiger partial charge on any atom is 0.232 e. The van der Waals surface area contributed by atoms with Gasteiger partial charge in [0.25, 0.3) is 0 Å². The molecular formula is C15H13N3. The van der Waals surface area contributed by atoms with Crippen molar-refractivity contribution in [1.29, 1.82) is 0 Å². The maximum atomic E-state index is 7.38. The Balaban J connectivity index is 2.57. The van der Waals surface area contributed by atoms with E-state index in [1.165, 1.54) is 5.56 Å². The van der Waals surface area contributed by atoms with Crippen molar-refractivity contribution in [2.75, 3.05) is 0 Å². The lowest BCUT2D eigenvalue weighted by Crippen LogP contribution is -1.94. The predicted molar refractivity (Wildman–Crippen MR) is 73.1 cm³/mol. The molecule has 0 radical (unpaired) electrons. The van der Waals surface area contributed by atoms with Crippen LogP contribution in [0, 0.1) is 13.5 Å². The minimum absolute atomic E-state index is 0.672. The van der Waals surface area contributed by atoms with Crippen LogP contribution in [0.4, 0.5) is 5.69 Å². The first-order chi connectivity index (χ1) is 8.76. The van der Waals surface area contributed by atoms with Crippen LogP contribution in [0.5, 0.6) is 0 Å². The number of aromatic nitrogens is 2. The van der Waals surface area contributed by atoms with Crippen LogP contribution in [0.25, 0.3) is 21.5 Å². The average Bonchev–Trinajstić information content (AvgIpc) is 2.76. The van der Waals surface area contributed by atoms with Crippen LogP contribution >= 0.6 is 0 Å². The summed E-state index contributed by atoms with van der Waals surface area (Å²) in [5.74, 6) is 0. The molecule has 3 heteroatoms. The zero-order valence-electron chi connectivity index (χ0n) is 10.4. The van der Waals surface area contributed by atoms with E-state index < -0.39 is 0 Å². The Morgan fingerprint density at radius 1 is 1.33 bits per heavy atom. The van der Waals surface area contributed by atoms with E-state index in [0.29, 0.717) is 5.69 Å². The van der Waals surface area contributed by atoms with Gasteiger partial charge in [-0.15, -0.1) is 0 Å². The van der Waals surface area contributed by atoms with Crippen molar-refractivity contribution < 1.29 is 0 Å². The van der Waals surface area contributed by atoms with Gasteiger partial charge in [-0.1, -0.05) is 19.1 Å². The van der Waals surface area contributed by atoms with Gasteiger partial charge in [0.2, 0.25) is 5.69 Å². The lowest BCUT2D eigenvalue weighted by atomic mass is 10.1. The molecule has 0 saturated heterocycles. The fourth-order valence-electron chi connectivity index (χ4n) is 2.40. The molecule has 0 aliphatic heterocycles. The van der Waals surface area contributed by atoms with E-state index in [-0.39, 0.29) is 0 Å². The maximum absolute atomic E-state index is 7.38. The van der Waals surface area contributed by atoms with Crippen LogP contribution in [0.1, 0.15) is 18.1 Å². The zero-order chi connectivity index (χ0) is 12.7. The molecule has 0 atom stereocenters. The van der Waals surface area contributed by atoms with Crippen LogP contribution in [0.3, 0.4) is 0 Å². The molecule has 88 valence electrons. The van der Waals surface area contributed by atoms with Crippen molar-refractivity contribution >= 4 is 22.4 Å². The van der Waals surface area contributed by atoms with Crippen molar-refractivity contribution in [2.45, 2.75) is 20.3 Å². The Kier molecular flexibility index (Phi) is 2.31. The standard InChI is InChI=1S/C15H13N3/c1-4-11-9-18-13-8-6-5-7-12(13)17-15(18)14(16-3)10(11)2/h5-9H,4H2,1-2H3. The summed E-state index contributed by atoms with van der Waals surface area (Å²) in [7, 11) is 0. The number of rotatable bonds is 1. The van der Waals surface area contributed by atoms with Gasteiger partial charge in [-0.3, -0.25) is 0 Å². The summed E-state index contributed by atoms with van der Waals surface area (Å²) in [6.45, 7) is 11.5. The molecule has 0 aliphatic rings. The van der Waals surface area contributed by atoms with Crippen molar-refractivity contribution in [3.63, 3.8) is 0 Å². The number of pyridine rings is 1. The number of benzene rings is 1. The second kappa shape index (κ2) is 3.85. The summed E-state index contributed by atoms with van der Waals surface area (Å²) in [6, 6.07) is 7.99. The van der Waals surface area contributed by atoms with Crippen molar-refractivity contribution in [3.05, 3.63) is 53.0 Å². The molecule has 3 rings (SSSR count). The zero-order valence-corrected chi connectivity index (χ0v) is 10.4. The molecular weight excluding hydrogens is 222 g/mol. The number of imidazole rings is 1. The molecule has 0 saturated carbocycles. The van der Waals surface area contributed by atoms with Crippen LogP contribution in [-0.2, 0) is 6.42 Å². The molecule has 0 N–H and O–H groups in total. The molecule has 2 aromatic heterocycles. The third-order valence-corrected chi connectivity index (χ3v) is 3.42. The number of fused-ring (bicyclic) bond motifs is 3. The number of nitrogens with zero attached hydrogens (tertiary/aromatic N) is 3. The predicted octanol–water partition coefficient (Wildman–Crippen LogP) is 3.91. The Morgan fingerprint density at radius 2 is 2.11 bits per heavy atom. The molecule has 0 amide bonds. The molecule has 0 spiro atoms. The first-order valence-corrected chi connectivity index (χ1v) is 6.03. The van der Waals surface area contributed by atoms with Crippen molar-refractivity contribution in [1.82, 2.24) is 9.38 Å². The highest BCUT2D eigenvalue weighted by Gasteiger charge is 2.13. The minimum Gasteiger partial charge on any atom is -0.308 e. The number of hydrogen-bond donors (Lipinski definition) is 0. The first kappa shape index (κ1) is 10.8. The Bertz CT molecular complexity index is 791. The van der Waals surface area contributed by atoms with Crippen LogP contribution in [0.15, 0.2) is 30.5 Å². The number of para-hydroxylation sites is 2. The quantitative estimate of drug-likeness (QED) is 0.586. The van der Waals surface area contributed by atoms with E-state index >= 15 is 0 Å². The molecule has 18 heavy (non-hydrogen) atoms. The highest BCUT2D eigenvalue weighted by molar-refractivity contribution is 5.87. The van der Waals surface area contributed by atoms with Gasteiger partial charge in [0.05, 0.1) is 17.6 Å². The Morgan fingerprint density at radius 3 is 2.83 bits per heavy atom. The summed E-state index contributed by atoms with van der Waals surface area (Å²) >= 11 is 0. The molecule has 1 aromatic carbocycles. The van der Waals surface area contributed by atoms with Crippen LogP contribution in [-0.4, -0.2) is 9.38 Å². The third kappa shape index (κ3) is 1.32. The minimum atomic E-state index is 0.672. The SMILES string of the molecule is [C-]#[N+]c1c(C)c(CC)cn2c1nc1ccccc12. The van der Waals surface area contributed by atoms with Gasteiger partial charge in [-0.05, 0) is 36.6 Å². The summed E-state index contributed by atoms with van der Waals surface area (Å²) in [6.07, 6.45) is 3.03. The highest BCUT2D eigenvalue weighted by atomic mass is 15.0. The van der Waals surface area contributed by atoms with Gasteiger partial charge in [0, 0.05) is 6.20 Å². The van der Waals surface area contributed by atoms with Gasteiger partial charge < -0.3 is 4.40 Å². The van der Waals surface area contributed by atoms with Crippen LogP contribution < -0.4 is 0 Å². The second-order valence-corrected chi connectivity index (χ2v) is 4.39. The van der Waals surface area contributed by atoms with Gasteiger partial charge >= 0.3 is 0 Å². The summed E-state index contributed by atoms with van der Waals surface area (Å²) in [5, 5.41) is 0. The lowest BCUT2D eigenvalue weighted by molar-refractivity contribution is 1.06. The summed E-state index contributed by atoms with van der Waals surface area (Å²) in [4.78, 5) is 8.24. The largest absolute Gasteiger partial charge is 0.308 e. The Hall–Kier alpha value is -2.34. The molecule has 0 fully saturated rings. The lowest BCUT2D eigenvalue weighted by Gasteiger charge is -2.07. The summed E-state index contributed by atoms with van der Waals surface area (Å²) < 4.78 is 2.04. The molecule has 0 aliphatic carbocycles. The van der Waals surface area contributed by atoms with Gasteiger partial charge in [-0.25, -0.2) is 9.83 Å². The number of aryl methyl sites for hydroxylation is 1. The normalized spacial score (nSPS) is 10.9. The van der Waals surface area contributed by atoms with E-state index in [1.54, 1.807) is 0 Å². The van der Waals surface area contributed by atoms with E-state index in [1.807, 2.05) is 35.6 Å². The van der Waals surface area contributed by atoms with E-state index in [9.17, 15) is 0 Å². The van der Waals surface area contributed by atoms with Gasteiger partial charge in [0.1, 0.15) is 5.65 Å². The van der Waals surface area contributed by atoms with E-state index in [2.05, 4.69) is 22.9 Å².